The fourth-order valence-electron chi connectivity index (χ4n) is 4.32. The number of ether oxygens (including phenoxy) is 1. The van der Waals surface area contributed by atoms with Gasteiger partial charge >= 0.3 is 0 Å². The Morgan fingerprint density at radius 1 is 0.881 bits per heavy atom. The maximum absolute atomic E-state index is 13.8. The van der Waals surface area contributed by atoms with Crippen LogP contribution in [0.3, 0.4) is 0 Å². The molecule has 0 atom stereocenters. The van der Waals surface area contributed by atoms with Crippen molar-refractivity contribution in [3.8, 4) is 5.75 Å². The highest BCUT2D eigenvalue weighted by Gasteiger charge is 2.28. The zero-order chi connectivity index (χ0) is 30.7. The summed E-state index contributed by atoms with van der Waals surface area (Å²) >= 11 is 3.34. The summed E-state index contributed by atoms with van der Waals surface area (Å²) in [6.45, 7) is 7.73. The Labute approximate surface area is 255 Å². The number of carbonyl (C=O) groups excluding carboxylic acids is 2. The molecule has 0 unspecified atom stereocenters. The smallest absolute Gasteiger partial charge is 0.264 e. The van der Waals surface area contributed by atoms with Gasteiger partial charge in [0.05, 0.1) is 22.2 Å². The molecule has 0 aromatic heterocycles. The van der Waals surface area contributed by atoms with Crippen LogP contribution < -0.4 is 14.4 Å². The zero-order valence-electron chi connectivity index (χ0n) is 24.1. The molecule has 0 aliphatic carbocycles. The van der Waals surface area contributed by atoms with Crippen molar-refractivity contribution < 1.29 is 22.7 Å². The van der Waals surface area contributed by atoms with Crippen LogP contribution >= 0.6 is 15.9 Å². The van der Waals surface area contributed by atoms with E-state index in [1.54, 1.807) is 66.7 Å². The summed E-state index contributed by atoms with van der Waals surface area (Å²) in [6.07, 6.45) is 0. The standard InChI is InChI=1S/C33H33BrN2O5S/c1-22-9-15-27(16-10-22)36(42(39,40)28-17-18-30(41-5)29(34)20-28)21-31(37)35-26-8-6-7-24(19-26)32(38)23-11-13-25(14-12-23)33(2,3)4/h6-20H,21H2,1-5H3,(H,35,37). The number of amides is 1. The molecule has 0 fully saturated rings. The molecule has 218 valence electrons. The van der Waals surface area contributed by atoms with E-state index in [1.807, 2.05) is 19.1 Å². The number of hydrogen-bond donors (Lipinski definition) is 1. The number of anilines is 2. The van der Waals surface area contributed by atoms with Gasteiger partial charge in [0, 0.05) is 16.8 Å². The van der Waals surface area contributed by atoms with Crippen LogP contribution in [0.2, 0.25) is 0 Å². The van der Waals surface area contributed by atoms with Gasteiger partial charge in [-0.15, -0.1) is 0 Å². The van der Waals surface area contributed by atoms with Crippen LogP contribution in [0, 0.1) is 6.92 Å². The van der Waals surface area contributed by atoms with Gasteiger partial charge in [0.15, 0.2) is 5.78 Å². The van der Waals surface area contributed by atoms with Crippen molar-refractivity contribution in [1.29, 1.82) is 0 Å². The van der Waals surface area contributed by atoms with E-state index in [9.17, 15) is 18.0 Å². The van der Waals surface area contributed by atoms with Crippen LogP contribution in [-0.4, -0.2) is 33.8 Å². The molecule has 0 heterocycles. The second kappa shape index (κ2) is 12.5. The lowest BCUT2D eigenvalue weighted by atomic mass is 9.86. The summed E-state index contributed by atoms with van der Waals surface area (Å²) in [5.41, 5.74) is 3.69. The molecular weight excluding hydrogens is 616 g/mol. The Morgan fingerprint density at radius 2 is 1.55 bits per heavy atom. The lowest BCUT2D eigenvalue weighted by Crippen LogP contribution is -2.38. The predicted molar refractivity (Wildman–Crippen MR) is 170 cm³/mol. The molecule has 4 aromatic carbocycles. The number of sulfonamides is 1. The van der Waals surface area contributed by atoms with E-state index in [0.29, 0.717) is 32.7 Å². The van der Waals surface area contributed by atoms with Crippen molar-refractivity contribution in [1.82, 2.24) is 0 Å². The number of ketones is 1. The second-order valence-electron chi connectivity index (χ2n) is 10.9. The maximum Gasteiger partial charge on any atom is 0.264 e. The third-order valence-electron chi connectivity index (χ3n) is 6.74. The van der Waals surface area contributed by atoms with E-state index >= 15 is 0 Å². The fraction of sp³-hybridized carbons (Fsp3) is 0.212. The average Bonchev–Trinajstić information content (AvgIpc) is 2.95. The zero-order valence-corrected chi connectivity index (χ0v) is 26.5. The SMILES string of the molecule is COc1ccc(S(=O)(=O)N(CC(=O)Nc2cccc(C(=O)c3ccc(C(C)(C)C)cc3)c2)c2ccc(C)cc2)cc1Br. The van der Waals surface area contributed by atoms with Crippen LogP contribution in [0.25, 0.3) is 0 Å². The minimum absolute atomic E-state index is 0.00590. The van der Waals surface area contributed by atoms with E-state index in [2.05, 4.69) is 42.0 Å². The summed E-state index contributed by atoms with van der Waals surface area (Å²) in [7, 11) is -2.65. The molecule has 9 heteroatoms. The molecule has 0 aliphatic heterocycles. The predicted octanol–water partition coefficient (Wildman–Crippen LogP) is 7.13. The number of methoxy groups -OCH3 is 1. The molecule has 1 amide bonds. The molecule has 4 rings (SSSR count). The molecule has 0 spiro atoms. The fourth-order valence-corrected chi connectivity index (χ4v) is 6.46. The van der Waals surface area contributed by atoms with E-state index in [4.69, 9.17) is 4.74 Å². The number of halogens is 1. The van der Waals surface area contributed by atoms with Crippen molar-refractivity contribution in [2.75, 3.05) is 23.3 Å². The van der Waals surface area contributed by atoms with Gasteiger partial charge in [-0.25, -0.2) is 8.42 Å². The summed E-state index contributed by atoms with van der Waals surface area (Å²) in [6, 6.07) is 25.4. The van der Waals surface area contributed by atoms with Gasteiger partial charge in [0.25, 0.3) is 10.0 Å². The average molecular weight is 650 g/mol. The van der Waals surface area contributed by atoms with Gasteiger partial charge in [0.2, 0.25) is 5.91 Å². The molecule has 0 bridgehead atoms. The minimum atomic E-state index is -4.14. The van der Waals surface area contributed by atoms with Crippen LogP contribution in [0.5, 0.6) is 5.75 Å². The first-order valence-corrected chi connectivity index (χ1v) is 15.5. The van der Waals surface area contributed by atoms with Gasteiger partial charge in [-0.2, -0.15) is 0 Å². The first kappa shape index (κ1) is 31.0. The van der Waals surface area contributed by atoms with Crippen molar-refractivity contribution in [2.24, 2.45) is 0 Å². The van der Waals surface area contributed by atoms with Crippen LogP contribution in [0.15, 0.2) is 100 Å². The molecule has 1 N–H and O–H groups in total. The van der Waals surface area contributed by atoms with E-state index in [-0.39, 0.29) is 16.1 Å². The number of carbonyl (C=O) groups is 2. The molecule has 0 saturated carbocycles. The Balaban J connectivity index is 1.58. The van der Waals surface area contributed by atoms with Crippen LogP contribution in [0.4, 0.5) is 11.4 Å². The highest BCUT2D eigenvalue weighted by Crippen LogP contribution is 2.31. The Kier molecular flexibility index (Phi) is 9.23. The summed E-state index contributed by atoms with van der Waals surface area (Å²) in [4.78, 5) is 26.4. The van der Waals surface area contributed by atoms with Gasteiger partial charge in [-0.3, -0.25) is 13.9 Å². The van der Waals surface area contributed by atoms with E-state index in [0.717, 1.165) is 15.4 Å². The summed E-state index contributed by atoms with van der Waals surface area (Å²) < 4.78 is 34.3. The quantitative estimate of drug-likeness (QED) is 0.195. The largest absolute Gasteiger partial charge is 0.496 e. The van der Waals surface area contributed by atoms with Gasteiger partial charge in [-0.1, -0.05) is 74.9 Å². The van der Waals surface area contributed by atoms with Gasteiger partial charge in [0.1, 0.15) is 12.3 Å². The normalized spacial score (nSPS) is 11.6. The number of nitrogens with one attached hydrogen (secondary N) is 1. The van der Waals surface area contributed by atoms with Crippen LogP contribution in [0.1, 0.15) is 47.8 Å². The second-order valence-corrected chi connectivity index (χ2v) is 13.6. The first-order valence-electron chi connectivity index (χ1n) is 13.3. The lowest BCUT2D eigenvalue weighted by Gasteiger charge is -2.24. The molecule has 4 aromatic rings. The molecule has 42 heavy (non-hydrogen) atoms. The molecule has 0 aliphatic rings. The topological polar surface area (TPSA) is 92.8 Å². The minimum Gasteiger partial charge on any atom is -0.496 e. The molecule has 0 radical (unpaired) electrons. The number of rotatable bonds is 9. The highest BCUT2D eigenvalue weighted by atomic mass is 79.9. The lowest BCUT2D eigenvalue weighted by molar-refractivity contribution is -0.114. The number of benzene rings is 4. The van der Waals surface area contributed by atoms with Crippen molar-refractivity contribution in [2.45, 2.75) is 38.0 Å². The van der Waals surface area contributed by atoms with Crippen LogP contribution in [-0.2, 0) is 20.2 Å². The monoisotopic (exact) mass is 648 g/mol. The third-order valence-corrected chi connectivity index (χ3v) is 9.13. The third kappa shape index (κ3) is 7.09. The summed E-state index contributed by atoms with van der Waals surface area (Å²) in [5.74, 6) is -0.264. The Hall–Kier alpha value is -3.95. The molecule has 0 saturated heterocycles. The number of hydrogen-bond acceptors (Lipinski definition) is 5. The highest BCUT2D eigenvalue weighted by molar-refractivity contribution is 9.10. The number of nitrogens with zero attached hydrogens (tertiary/aromatic N) is 1. The Morgan fingerprint density at radius 3 is 2.14 bits per heavy atom. The number of aryl methyl sites for hydroxylation is 1. The van der Waals surface area contributed by atoms with Crippen molar-refractivity contribution >= 4 is 49.0 Å². The maximum atomic E-state index is 13.8. The first-order chi connectivity index (χ1) is 19.8. The molecular formula is C33H33BrN2O5S. The van der Waals surface area contributed by atoms with Gasteiger partial charge in [-0.05, 0) is 76.3 Å². The molecule has 7 nitrogen and oxygen atoms in total. The van der Waals surface area contributed by atoms with Crippen molar-refractivity contribution in [3.63, 3.8) is 0 Å². The van der Waals surface area contributed by atoms with Gasteiger partial charge < -0.3 is 10.1 Å². The van der Waals surface area contributed by atoms with E-state index in [1.165, 1.54) is 19.2 Å². The summed E-state index contributed by atoms with van der Waals surface area (Å²) in [5, 5.41) is 2.76. The van der Waals surface area contributed by atoms with E-state index < -0.39 is 22.5 Å². The van der Waals surface area contributed by atoms with Crippen molar-refractivity contribution in [3.05, 3.63) is 118 Å². The Bertz CT molecular complexity index is 1710.